The summed E-state index contributed by atoms with van der Waals surface area (Å²) < 4.78 is 10.1. The zero-order valence-electron chi connectivity index (χ0n) is 7.28. The maximum absolute atomic E-state index is 5.30. The van der Waals surface area contributed by atoms with Crippen molar-refractivity contribution in [2.24, 2.45) is 5.73 Å². The fourth-order valence-corrected chi connectivity index (χ4v) is 0.841. The lowest BCUT2D eigenvalue weighted by Gasteiger charge is -2.04. The van der Waals surface area contributed by atoms with Crippen molar-refractivity contribution in [2.75, 3.05) is 6.61 Å². The van der Waals surface area contributed by atoms with Crippen LogP contribution in [-0.4, -0.2) is 16.7 Å². The van der Waals surface area contributed by atoms with Crippen molar-refractivity contribution in [3.05, 3.63) is 11.7 Å². The first-order valence-electron chi connectivity index (χ1n) is 3.92. The minimum atomic E-state index is -0.126. The van der Waals surface area contributed by atoms with Gasteiger partial charge in [-0.3, -0.25) is 0 Å². The third kappa shape index (κ3) is 2.02. The second-order valence-electron chi connectivity index (χ2n) is 2.35. The van der Waals surface area contributed by atoms with Crippen LogP contribution in [0.15, 0.2) is 4.52 Å². The summed E-state index contributed by atoms with van der Waals surface area (Å²) in [6, 6.07) is 0. The molecule has 0 aliphatic heterocycles. The van der Waals surface area contributed by atoms with Crippen LogP contribution in [0.2, 0.25) is 0 Å². The first-order chi connectivity index (χ1) is 5.77. The van der Waals surface area contributed by atoms with Crippen molar-refractivity contribution in [2.45, 2.75) is 26.5 Å². The molecule has 5 nitrogen and oxygen atoms in total. The SMILES string of the molecule is CCO[C@H](C)c1noc(CN)n1. The maximum atomic E-state index is 5.30. The van der Waals surface area contributed by atoms with Gasteiger partial charge in [-0.1, -0.05) is 5.16 Å². The summed E-state index contributed by atoms with van der Waals surface area (Å²) in [5.41, 5.74) is 5.30. The smallest absolute Gasteiger partial charge is 0.240 e. The Labute approximate surface area is 70.9 Å². The highest BCUT2D eigenvalue weighted by molar-refractivity contribution is 4.88. The molecule has 0 bridgehead atoms. The van der Waals surface area contributed by atoms with E-state index < -0.39 is 0 Å². The number of nitrogens with zero attached hydrogens (tertiary/aromatic N) is 2. The molecule has 1 atom stereocenters. The van der Waals surface area contributed by atoms with Crippen molar-refractivity contribution in [3.63, 3.8) is 0 Å². The highest BCUT2D eigenvalue weighted by atomic mass is 16.5. The number of aromatic nitrogens is 2. The van der Waals surface area contributed by atoms with Crippen LogP contribution >= 0.6 is 0 Å². The van der Waals surface area contributed by atoms with Gasteiger partial charge in [0.05, 0.1) is 6.54 Å². The van der Waals surface area contributed by atoms with E-state index >= 15 is 0 Å². The lowest BCUT2D eigenvalue weighted by atomic mass is 10.4. The molecule has 12 heavy (non-hydrogen) atoms. The average molecular weight is 171 g/mol. The molecule has 0 saturated carbocycles. The molecule has 1 aromatic heterocycles. The topological polar surface area (TPSA) is 74.2 Å². The molecule has 5 heteroatoms. The Bertz CT molecular complexity index is 236. The van der Waals surface area contributed by atoms with Crippen molar-refractivity contribution < 1.29 is 9.26 Å². The summed E-state index contributed by atoms with van der Waals surface area (Å²) in [6.45, 7) is 4.69. The molecule has 0 aliphatic carbocycles. The number of nitrogens with two attached hydrogens (primary N) is 1. The third-order valence-electron chi connectivity index (χ3n) is 1.44. The Morgan fingerprint density at radius 3 is 2.92 bits per heavy atom. The first kappa shape index (κ1) is 9.15. The van der Waals surface area contributed by atoms with E-state index in [1.54, 1.807) is 0 Å². The summed E-state index contributed by atoms with van der Waals surface area (Å²) in [5.74, 6) is 0.994. The second kappa shape index (κ2) is 4.18. The number of rotatable bonds is 4. The molecule has 2 N–H and O–H groups in total. The third-order valence-corrected chi connectivity index (χ3v) is 1.44. The van der Waals surface area contributed by atoms with Gasteiger partial charge in [0.1, 0.15) is 6.10 Å². The van der Waals surface area contributed by atoms with E-state index in [2.05, 4.69) is 10.1 Å². The molecule has 0 spiro atoms. The maximum Gasteiger partial charge on any atom is 0.240 e. The Morgan fingerprint density at radius 2 is 2.42 bits per heavy atom. The quantitative estimate of drug-likeness (QED) is 0.719. The van der Waals surface area contributed by atoms with Crippen LogP contribution in [0.3, 0.4) is 0 Å². The van der Waals surface area contributed by atoms with E-state index in [4.69, 9.17) is 15.0 Å². The summed E-state index contributed by atoms with van der Waals surface area (Å²) in [6.07, 6.45) is -0.126. The predicted molar refractivity (Wildman–Crippen MR) is 42.2 cm³/mol. The van der Waals surface area contributed by atoms with Gasteiger partial charge in [0.15, 0.2) is 5.82 Å². The zero-order valence-corrected chi connectivity index (χ0v) is 7.28. The molecule has 0 fully saturated rings. The Balaban J connectivity index is 2.61. The molecule has 0 aliphatic rings. The summed E-state index contributed by atoms with van der Waals surface area (Å²) in [5, 5.41) is 3.71. The van der Waals surface area contributed by atoms with Gasteiger partial charge in [-0.15, -0.1) is 0 Å². The van der Waals surface area contributed by atoms with Gasteiger partial charge in [-0.25, -0.2) is 0 Å². The molecule has 0 amide bonds. The molecule has 0 saturated heterocycles. The molecule has 1 rings (SSSR count). The molecule has 1 aromatic rings. The minimum absolute atomic E-state index is 0.126. The molecule has 0 radical (unpaired) electrons. The number of hydrogen-bond donors (Lipinski definition) is 1. The fraction of sp³-hybridized carbons (Fsp3) is 0.714. The summed E-state index contributed by atoms with van der Waals surface area (Å²) in [4.78, 5) is 4.02. The molecule has 68 valence electrons. The van der Waals surface area contributed by atoms with Gasteiger partial charge in [-0.05, 0) is 13.8 Å². The van der Waals surface area contributed by atoms with Gasteiger partial charge in [0.25, 0.3) is 0 Å². The van der Waals surface area contributed by atoms with E-state index in [9.17, 15) is 0 Å². The molecule has 0 unspecified atom stereocenters. The van der Waals surface area contributed by atoms with Gasteiger partial charge >= 0.3 is 0 Å². The van der Waals surface area contributed by atoms with Crippen LogP contribution in [0.5, 0.6) is 0 Å². The summed E-state index contributed by atoms with van der Waals surface area (Å²) >= 11 is 0. The van der Waals surface area contributed by atoms with Crippen LogP contribution < -0.4 is 5.73 Å². The van der Waals surface area contributed by atoms with Crippen molar-refractivity contribution in [1.29, 1.82) is 0 Å². The van der Waals surface area contributed by atoms with Crippen molar-refractivity contribution in [1.82, 2.24) is 10.1 Å². The fourth-order valence-electron chi connectivity index (χ4n) is 0.841. The number of ether oxygens (including phenoxy) is 1. The predicted octanol–water partition coefficient (Wildman–Crippen LogP) is 0.626. The van der Waals surface area contributed by atoms with Crippen molar-refractivity contribution in [3.8, 4) is 0 Å². The average Bonchev–Trinajstić information content (AvgIpc) is 2.52. The van der Waals surface area contributed by atoms with E-state index in [0.717, 1.165) is 0 Å². The van der Waals surface area contributed by atoms with Gasteiger partial charge < -0.3 is 15.0 Å². The largest absolute Gasteiger partial charge is 0.371 e. The Hall–Kier alpha value is -0.940. The molecule has 1 heterocycles. The lowest BCUT2D eigenvalue weighted by Crippen LogP contribution is -2.02. The Morgan fingerprint density at radius 1 is 1.67 bits per heavy atom. The van der Waals surface area contributed by atoms with Gasteiger partial charge in [-0.2, -0.15) is 4.98 Å². The Kier molecular flexibility index (Phi) is 3.19. The zero-order chi connectivity index (χ0) is 8.97. The van der Waals surface area contributed by atoms with Crippen LogP contribution in [0.25, 0.3) is 0 Å². The van der Waals surface area contributed by atoms with E-state index in [0.29, 0.717) is 18.3 Å². The molecular weight excluding hydrogens is 158 g/mol. The minimum Gasteiger partial charge on any atom is -0.371 e. The van der Waals surface area contributed by atoms with Gasteiger partial charge in [0, 0.05) is 6.61 Å². The van der Waals surface area contributed by atoms with Crippen LogP contribution in [0.4, 0.5) is 0 Å². The summed E-state index contributed by atoms with van der Waals surface area (Å²) in [7, 11) is 0. The van der Waals surface area contributed by atoms with Crippen LogP contribution in [-0.2, 0) is 11.3 Å². The molecular formula is C7H13N3O2. The van der Waals surface area contributed by atoms with Crippen LogP contribution in [0, 0.1) is 0 Å². The second-order valence-corrected chi connectivity index (χ2v) is 2.35. The number of hydrogen-bond acceptors (Lipinski definition) is 5. The normalized spacial score (nSPS) is 13.2. The van der Waals surface area contributed by atoms with Crippen LogP contribution in [0.1, 0.15) is 31.7 Å². The molecule has 0 aromatic carbocycles. The standard InChI is InChI=1S/C7H13N3O2/c1-3-11-5(2)7-9-6(4-8)12-10-7/h5H,3-4,8H2,1-2H3/t5-/m1/s1. The highest BCUT2D eigenvalue weighted by Gasteiger charge is 2.12. The highest BCUT2D eigenvalue weighted by Crippen LogP contribution is 2.11. The first-order valence-corrected chi connectivity index (χ1v) is 3.92. The van der Waals surface area contributed by atoms with Gasteiger partial charge in [0.2, 0.25) is 5.89 Å². The van der Waals surface area contributed by atoms with Crippen molar-refractivity contribution >= 4 is 0 Å². The van der Waals surface area contributed by atoms with E-state index in [-0.39, 0.29) is 12.6 Å². The lowest BCUT2D eigenvalue weighted by molar-refractivity contribution is 0.0683. The monoisotopic (exact) mass is 171 g/mol. The van der Waals surface area contributed by atoms with E-state index in [1.165, 1.54) is 0 Å². The van der Waals surface area contributed by atoms with E-state index in [1.807, 2.05) is 13.8 Å².